The van der Waals surface area contributed by atoms with Crippen molar-refractivity contribution < 1.29 is 47.3 Å². The molecular weight excluding hydrogens is 628 g/mol. The van der Waals surface area contributed by atoms with Crippen molar-refractivity contribution in [2.45, 2.75) is 71.5 Å². The highest BCUT2D eigenvalue weighted by Crippen LogP contribution is 2.29. The van der Waals surface area contributed by atoms with Gasteiger partial charge in [-0.1, -0.05) is 38.2 Å². The molecule has 1 aliphatic heterocycles. The summed E-state index contributed by atoms with van der Waals surface area (Å²) in [5.74, 6) is -4.33. The van der Waals surface area contributed by atoms with Crippen LogP contribution in [0.4, 0.5) is 13.6 Å². The number of benzene rings is 1. The van der Waals surface area contributed by atoms with E-state index in [1.807, 2.05) is 6.92 Å². The lowest BCUT2D eigenvalue weighted by molar-refractivity contribution is -0.120. The monoisotopic (exact) mass is 671 g/mol. The first-order valence-corrected chi connectivity index (χ1v) is 15.4. The average molecular weight is 672 g/mol. The first-order chi connectivity index (χ1) is 22.6. The molecule has 11 nitrogen and oxygen atoms in total. The number of nitrogens with one attached hydrogen (secondary N) is 2. The second-order valence-corrected chi connectivity index (χ2v) is 12.1. The van der Waals surface area contributed by atoms with Crippen LogP contribution in [0.2, 0.25) is 0 Å². The van der Waals surface area contributed by atoms with E-state index in [1.165, 1.54) is 33.3 Å². The molecule has 48 heavy (non-hydrogen) atoms. The van der Waals surface area contributed by atoms with Crippen molar-refractivity contribution in [1.82, 2.24) is 10.6 Å². The Morgan fingerprint density at radius 1 is 1.08 bits per heavy atom. The number of carbonyl (C=O) groups excluding carboxylic acids is 4. The minimum atomic E-state index is -1.04. The maximum Gasteiger partial charge on any atom is 0.405 e. The number of hydrogen-bond donors (Lipinski definition) is 4. The van der Waals surface area contributed by atoms with Crippen molar-refractivity contribution in [1.29, 1.82) is 0 Å². The first kappa shape index (κ1) is 38.0. The van der Waals surface area contributed by atoms with E-state index in [1.54, 1.807) is 26.0 Å². The molecule has 1 aromatic carbocycles. The summed E-state index contributed by atoms with van der Waals surface area (Å²) in [7, 11) is 2.84. The molecule has 2 amide bonds. The number of nitrogens with two attached hydrogens (primary N) is 1. The largest absolute Gasteiger partial charge is 0.439 e. The molecule has 5 N–H and O–H groups in total. The summed E-state index contributed by atoms with van der Waals surface area (Å²) in [6, 6.07) is 2.94. The second kappa shape index (κ2) is 17.1. The summed E-state index contributed by atoms with van der Waals surface area (Å²) < 4.78 is 44.2. The molecule has 0 saturated heterocycles. The number of amides is 2. The third-order valence-electron chi connectivity index (χ3n) is 8.19. The minimum Gasteiger partial charge on any atom is -0.439 e. The fourth-order valence-corrected chi connectivity index (χ4v) is 5.68. The molecule has 13 heteroatoms. The summed E-state index contributed by atoms with van der Waals surface area (Å²) in [5.41, 5.74) is 6.02. The molecule has 260 valence electrons. The standard InChI is InChI=1S/C35H43F2N3O8/c1-18-10-25-30(39-17-22-13-23(36)15-24(37)14-22)27(41)16-26(32(25)43)40-34(44)19(2)8-7-9-28(46-5)33(48-35(38)45)21(4)12-20(3)31(42)29(11-18)47-6/h7-9,12-16,18,20,28-29,31,33,39,42H,10-11,17H2,1-6H3,(H2,38,45)(H,40,44)/b9-7-,19-8+,21-12+/t18-,20+,28+,29+,31-,33+/m1/s1. The van der Waals surface area contributed by atoms with E-state index in [9.17, 15) is 33.1 Å². The molecule has 0 fully saturated rings. The third kappa shape index (κ3) is 10.0. The number of ether oxygens (including phenoxy) is 3. The molecule has 3 rings (SSSR count). The zero-order valence-corrected chi connectivity index (χ0v) is 27.8. The zero-order valence-electron chi connectivity index (χ0n) is 27.8. The smallest absolute Gasteiger partial charge is 0.405 e. The average Bonchev–Trinajstić information content (AvgIpc) is 3.01. The van der Waals surface area contributed by atoms with E-state index < -0.39 is 65.5 Å². The Kier molecular flexibility index (Phi) is 13.5. The van der Waals surface area contributed by atoms with Gasteiger partial charge in [0.05, 0.1) is 23.6 Å². The van der Waals surface area contributed by atoms with Crippen LogP contribution in [0.5, 0.6) is 0 Å². The van der Waals surface area contributed by atoms with Crippen molar-refractivity contribution in [3.05, 3.63) is 93.9 Å². The molecule has 6 atom stereocenters. The van der Waals surface area contributed by atoms with Gasteiger partial charge in [0.25, 0.3) is 5.91 Å². The van der Waals surface area contributed by atoms with Gasteiger partial charge in [-0.2, -0.15) is 0 Å². The Labute approximate surface area is 278 Å². The number of methoxy groups -OCH3 is 2. The van der Waals surface area contributed by atoms with Gasteiger partial charge < -0.3 is 35.7 Å². The molecule has 0 aromatic heterocycles. The molecule has 0 saturated carbocycles. The number of rotatable bonds is 6. The fraction of sp³-hybridized carbons (Fsp3) is 0.429. The van der Waals surface area contributed by atoms with Gasteiger partial charge in [0.15, 0.2) is 6.10 Å². The fourth-order valence-electron chi connectivity index (χ4n) is 5.68. The van der Waals surface area contributed by atoms with Crippen LogP contribution in [0.3, 0.4) is 0 Å². The number of fused-ring (bicyclic) bond motifs is 2. The summed E-state index contributed by atoms with van der Waals surface area (Å²) in [4.78, 5) is 52.1. The van der Waals surface area contributed by atoms with Crippen LogP contribution in [0.25, 0.3) is 0 Å². The van der Waals surface area contributed by atoms with Crippen LogP contribution in [0.1, 0.15) is 46.1 Å². The molecule has 0 unspecified atom stereocenters. The predicted octanol–water partition coefficient (Wildman–Crippen LogP) is 3.83. The van der Waals surface area contributed by atoms with Crippen molar-refractivity contribution in [2.75, 3.05) is 14.2 Å². The minimum absolute atomic E-state index is 0.0368. The van der Waals surface area contributed by atoms with Crippen LogP contribution < -0.4 is 16.4 Å². The summed E-state index contributed by atoms with van der Waals surface area (Å²) in [5, 5.41) is 16.7. The van der Waals surface area contributed by atoms with Crippen LogP contribution in [0, 0.1) is 23.5 Å². The number of Topliss-reactive ketones (excluding diaryl/α,β-unsaturated/α-hetero) is 1. The van der Waals surface area contributed by atoms with E-state index in [-0.39, 0.29) is 53.4 Å². The zero-order chi connectivity index (χ0) is 35.7. The highest BCUT2D eigenvalue weighted by atomic mass is 19.1. The number of hydrogen-bond acceptors (Lipinski definition) is 9. The summed E-state index contributed by atoms with van der Waals surface area (Å²) in [6.45, 7) is 6.62. The van der Waals surface area contributed by atoms with Gasteiger partial charge in [0, 0.05) is 50.0 Å². The molecule has 0 spiro atoms. The summed E-state index contributed by atoms with van der Waals surface area (Å²) in [6.07, 6.45) is 2.93. The van der Waals surface area contributed by atoms with E-state index in [0.717, 1.165) is 24.3 Å². The van der Waals surface area contributed by atoms with Crippen molar-refractivity contribution in [3.8, 4) is 0 Å². The number of aliphatic hydroxyl groups is 1. The molecule has 2 aliphatic rings. The maximum absolute atomic E-state index is 13.8. The molecule has 2 bridgehead atoms. The maximum atomic E-state index is 13.8. The van der Waals surface area contributed by atoms with Crippen LogP contribution in [0.15, 0.2) is 76.7 Å². The lowest BCUT2D eigenvalue weighted by Gasteiger charge is -2.30. The van der Waals surface area contributed by atoms with Gasteiger partial charge in [-0.05, 0) is 55.9 Å². The van der Waals surface area contributed by atoms with Gasteiger partial charge in [-0.25, -0.2) is 13.6 Å². The topological polar surface area (TPSA) is 166 Å². The Morgan fingerprint density at radius 2 is 1.75 bits per heavy atom. The van der Waals surface area contributed by atoms with Crippen molar-refractivity contribution in [3.63, 3.8) is 0 Å². The molecule has 1 aromatic rings. The number of allylic oxidation sites excluding steroid dienone is 4. The van der Waals surface area contributed by atoms with E-state index >= 15 is 0 Å². The molecule has 0 radical (unpaired) electrons. The number of carbonyl (C=O) groups is 4. The highest BCUT2D eigenvalue weighted by Gasteiger charge is 2.33. The van der Waals surface area contributed by atoms with E-state index in [4.69, 9.17) is 19.9 Å². The number of halogens is 2. The Morgan fingerprint density at radius 3 is 2.35 bits per heavy atom. The second-order valence-electron chi connectivity index (χ2n) is 12.1. The highest BCUT2D eigenvalue weighted by molar-refractivity contribution is 6.23. The Bertz CT molecular complexity index is 1540. The van der Waals surface area contributed by atoms with E-state index in [2.05, 4.69) is 10.6 Å². The molecule has 1 aliphatic carbocycles. The number of ketones is 2. The molecular formula is C35H43F2N3O8. The lowest BCUT2D eigenvalue weighted by Crippen LogP contribution is -2.37. The van der Waals surface area contributed by atoms with Crippen LogP contribution in [-0.4, -0.2) is 67.3 Å². The lowest BCUT2D eigenvalue weighted by atomic mass is 9.85. The van der Waals surface area contributed by atoms with Gasteiger partial charge >= 0.3 is 6.09 Å². The SMILES string of the molecule is CO[C@H]1/C=C\C=C(/C)C(=O)NC2=CC(=O)C(NCc3cc(F)cc(F)c3)=C(C[C@@H](C)C[C@H](OC)[C@H](O)[C@@H](C)/C=C(\C)[C@@H]1OC(N)=O)C2=O. The van der Waals surface area contributed by atoms with Crippen LogP contribution in [-0.2, 0) is 35.1 Å². The molecule has 1 heterocycles. The number of aliphatic hydroxyl groups excluding tert-OH is 1. The van der Waals surface area contributed by atoms with Gasteiger partial charge in [-0.3, -0.25) is 14.4 Å². The third-order valence-corrected chi connectivity index (χ3v) is 8.19. The van der Waals surface area contributed by atoms with Gasteiger partial charge in [0.2, 0.25) is 11.6 Å². The Balaban J connectivity index is 2.07. The van der Waals surface area contributed by atoms with Gasteiger partial charge in [-0.15, -0.1) is 0 Å². The van der Waals surface area contributed by atoms with Crippen molar-refractivity contribution in [2.24, 2.45) is 17.6 Å². The van der Waals surface area contributed by atoms with E-state index in [0.29, 0.717) is 5.57 Å². The first-order valence-electron chi connectivity index (χ1n) is 15.4. The number of primary amides is 1. The van der Waals surface area contributed by atoms with Crippen LogP contribution >= 0.6 is 0 Å². The quantitative estimate of drug-likeness (QED) is 0.260. The normalized spacial score (nSPS) is 29.2. The summed E-state index contributed by atoms with van der Waals surface area (Å²) >= 11 is 0. The Hall–Kier alpha value is -4.46. The predicted molar refractivity (Wildman–Crippen MR) is 173 cm³/mol. The van der Waals surface area contributed by atoms with Crippen molar-refractivity contribution >= 4 is 23.6 Å². The van der Waals surface area contributed by atoms with Gasteiger partial charge in [0.1, 0.15) is 17.7 Å².